The van der Waals surface area contributed by atoms with Crippen molar-refractivity contribution in [3.05, 3.63) is 35.9 Å². The minimum absolute atomic E-state index is 0.0373. The van der Waals surface area contributed by atoms with E-state index in [0.29, 0.717) is 13.0 Å². The van der Waals surface area contributed by atoms with Crippen molar-refractivity contribution in [2.45, 2.75) is 85.6 Å². The predicted molar refractivity (Wildman–Crippen MR) is 128 cm³/mol. The van der Waals surface area contributed by atoms with Gasteiger partial charge in [0.1, 0.15) is 5.60 Å². The number of benzene rings is 1. The van der Waals surface area contributed by atoms with Crippen LogP contribution in [0.2, 0.25) is 0 Å². The average Bonchev–Trinajstić information content (AvgIpc) is 2.64. The number of nitrogens with one attached hydrogen (secondary N) is 1. The summed E-state index contributed by atoms with van der Waals surface area (Å²) in [6.45, 7) is 15.6. The first-order valence-corrected chi connectivity index (χ1v) is 11.4. The van der Waals surface area contributed by atoms with Gasteiger partial charge in [-0.05, 0) is 44.1 Å². The Bertz CT molecular complexity index is 723. The number of aliphatic hydroxyl groups excluding tert-OH is 1. The molecule has 2 amide bonds. The van der Waals surface area contributed by atoms with Gasteiger partial charge in [-0.1, -0.05) is 65.0 Å². The molecule has 182 valence electrons. The second-order valence-corrected chi connectivity index (χ2v) is 11.0. The Kier molecular flexibility index (Phi) is 10.2. The number of rotatable bonds is 9. The van der Waals surface area contributed by atoms with Gasteiger partial charge in [-0.3, -0.25) is 4.79 Å². The van der Waals surface area contributed by atoms with Crippen molar-refractivity contribution in [1.82, 2.24) is 10.2 Å². The van der Waals surface area contributed by atoms with Crippen LogP contribution in [0.3, 0.4) is 0 Å². The van der Waals surface area contributed by atoms with Crippen LogP contribution in [0.1, 0.15) is 61.0 Å². The van der Waals surface area contributed by atoms with Gasteiger partial charge >= 0.3 is 6.09 Å². The van der Waals surface area contributed by atoms with Gasteiger partial charge in [0.05, 0.1) is 24.7 Å². The van der Waals surface area contributed by atoms with E-state index in [2.05, 4.69) is 5.32 Å². The first kappa shape index (κ1) is 27.9. The summed E-state index contributed by atoms with van der Waals surface area (Å²) in [4.78, 5) is 27.1. The maximum Gasteiger partial charge on any atom is 0.410 e. The van der Waals surface area contributed by atoms with Gasteiger partial charge in [0.25, 0.3) is 0 Å². The molecule has 0 aromatic heterocycles. The Morgan fingerprint density at radius 3 is 2.09 bits per heavy atom. The van der Waals surface area contributed by atoms with E-state index in [1.807, 2.05) is 65.0 Å². The standard InChI is InChI=1S/C25H43N3O4/c1-17(2)15-28(23(31)32-25(6,7)8)16-20(29)19(14-18-12-10-9-11-13-18)27-22(30)21(26)24(3,4)5/h9-13,17,19-21,29H,14-16,26H2,1-8H3,(H,27,30)/t19?,20-,21-/m1/s1. The van der Waals surface area contributed by atoms with E-state index in [0.717, 1.165) is 5.56 Å². The lowest BCUT2D eigenvalue weighted by Gasteiger charge is -2.34. The Hall–Kier alpha value is -2.12. The molecule has 0 aliphatic rings. The number of nitrogens with zero attached hydrogens (tertiary/aromatic N) is 1. The lowest BCUT2D eigenvalue weighted by molar-refractivity contribution is -0.126. The number of amides is 2. The van der Waals surface area contributed by atoms with Crippen LogP contribution in [0.5, 0.6) is 0 Å². The number of hydrogen-bond donors (Lipinski definition) is 3. The highest BCUT2D eigenvalue weighted by Crippen LogP contribution is 2.19. The molecule has 7 nitrogen and oxygen atoms in total. The Morgan fingerprint density at radius 2 is 1.62 bits per heavy atom. The molecule has 1 rings (SSSR count). The lowest BCUT2D eigenvalue weighted by atomic mass is 9.86. The fraction of sp³-hybridized carbons (Fsp3) is 0.680. The van der Waals surface area contributed by atoms with E-state index in [4.69, 9.17) is 10.5 Å². The molecule has 0 bridgehead atoms. The van der Waals surface area contributed by atoms with Crippen LogP contribution in [0, 0.1) is 11.3 Å². The molecular weight excluding hydrogens is 406 g/mol. The summed E-state index contributed by atoms with van der Waals surface area (Å²) in [5.74, 6) is -0.142. The highest BCUT2D eigenvalue weighted by atomic mass is 16.6. The summed E-state index contributed by atoms with van der Waals surface area (Å²) in [6.07, 6.45) is -1.08. The molecule has 3 atom stereocenters. The molecule has 0 aliphatic carbocycles. The van der Waals surface area contributed by atoms with E-state index >= 15 is 0 Å². The maximum atomic E-state index is 12.8. The topological polar surface area (TPSA) is 105 Å². The van der Waals surface area contributed by atoms with Gasteiger partial charge < -0.3 is 25.8 Å². The van der Waals surface area contributed by atoms with Crippen molar-refractivity contribution in [2.24, 2.45) is 17.1 Å². The van der Waals surface area contributed by atoms with Crippen molar-refractivity contribution in [3.63, 3.8) is 0 Å². The zero-order valence-corrected chi connectivity index (χ0v) is 21.0. The highest BCUT2D eigenvalue weighted by Gasteiger charge is 2.33. The van der Waals surface area contributed by atoms with Crippen LogP contribution in [0.15, 0.2) is 30.3 Å². The van der Waals surface area contributed by atoms with Gasteiger partial charge in [-0.2, -0.15) is 0 Å². The summed E-state index contributed by atoms with van der Waals surface area (Å²) in [5.41, 5.74) is 6.04. The van der Waals surface area contributed by atoms with E-state index in [-0.39, 0.29) is 18.4 Å². The normalized spacial score (nSPS) is 15.1. The SMILES string of the molecule is CC(C)CN(C[C@@H](O)C(Cc1ccccc1)NC(=O)[C@@H](N)C(C)(C)C)C(=O)OC(C)(C)C. The molecule has 0 fully saturated rings. The average molecular weight is 450 g/mol. The van der Waals surface area contributed by atoms with E-state index < -0.39 is 35.3 Å². The lowest BCUT2D eigenvalue weighted by Crippen LogP contribution is -2.56. The largest absolute Gasteiger partial charge is 0.444 e. The molecule has 1 aromatic carbocycles. The zero-order chi connectivity index (χ0) is 24.7. The van der Waals surface area contributed by atoms with E-state index in [9.17, 15) is 14.7 Å². The number of nitrogens with two attached hydrogens (primary N) is 1. The van der Waals surface area contributed by atoms with Gasteiger partial charge in [0.15, 0.2) is 0 Å². The smallest absolute Gasteiger partial charge is 0.410 e. The van der Waals surface area contributed by atoms with Crippen LogP contribution < -0.4 is 11.1 Å². The van der Waals surface area contributed by atoms with Crippen molar-refractivity contribution in [3.8, 4) is 0 Å². The number of aliphatic hydroxyl groups is 1. The molecule has 0 spiro atoms. The van der Waals surface area contributed by atoms with Crippen LogP contribution in [-0.2, 0) is 16.0 Å². The Morgan fingerprint density at radius 1 is 1.06 bits per heavy atom. The third kappa shape index (κ3) is 10.0. The van der Waals surface area contributed by atoms with Crippen molar-refractivity contribution >= 4 is 12.0 Å². The third-order valence-corrected chi connectivity index (χ3v) is 4.95. The second-order valence-electron chi connectivity index (χ2n) is 11.0. The third-order valence-electron chi connectivity index (χ3n) is 4.95. The van der Waals surface area contributed by atoms with Crippen molar-refractivity contribution in [2.75, 3.05) is 13.1 Å². The fourth-order valence-electron chi connectivity index (χ4n) is 3.16. The summed E-state index contributed by atoms with van der Waals surface area (Å²) in [5, 5.41) is 14.1. The molecule has 1 aromatic rings. The van der Waals surface area contributed by atoms with Crippen LogP contribution in [0.4, 0.5) is 4.79 Å². The quantitative estimate of drug-likeness (QED) is 0.536. The zero-order valence-electron chi connectivity index (χ0n) is 21.0. The number of ether oxygens (including phenoxy) is 1. The summed E-state index contributed by atoms with van der Waals surface area (Å²) >= 11 is 0. The predicted octanol–water partition coefficient (Wildman–Crippen LogP) is 3.34. The molecule has 0 aliphatic heterocycles. The minimum Gasteiger partial charge on any atom is -0.444 e. The molecule has 4 N–H and O–H groups in total. The number of carbonyl (C=O) groups is 2. The van der Waals surface area contributed by atoms with Gasteiger partial charge in [0.2, 0.25) is 5.91 Å². The molecule has 1 unspecified atom stereocenters. The van der Waals surface area contributed by atoms with Crippen LogP contribution in [-0.4, -0.2) is 58.9 Å². The second kappa shape index (κ2) is 11.7. The summed E-state index contributed by atoms with van der Waals surface area (Å²) in [6, 6.07) is 8.27. The van der Waals surface area contributed by atoms with E-state index in [1.165, 1.54) is 4.90 Å². The maximum absolute atomic E-state index is 12.8. The molecule has 0 heterocycles. The summed E-state index contributed by atoms with van der Waals surface area (Å²) < 4.78 is 5.53. The Balaban J connectivity index is 3.08. The number of carbonyl (C=O) groups excluding carboxylic acids is 2. The molecule has 0 radical (unpaired) electrons. The fourth-order valence-corrected chi connectivity index (χ4v) is 3.16. The first-order chi connectivity index (χ1) is 14.6. The minimum atomic E-state index is -1.00. The monoisotopic (exact) mass is 449 g/mol. The number of hydrogen-bond acceptors (Lipinski definition) is 5. The summed E-state index contributed by atoms with van der Waals surface area (Å²) in [7, 11) is 0. The molecule has 32 heavy (non-hydrogen) atoms. The van der Waals surface area contributed by atoms with Crippen LogP contribution >= 0.6 is 0 Å². The molecule has 0 saturated carbocycles. The van der Waals surface area contributed by atoms with Crippen LogP contribution in [0.25, 0.3) is 0 Å². The van der Waals surface area contributed by atoms with Crippen molar-refractivity contribution < 1.29 is 19.4 Å². The van der Waals surface area contributed by atoms with Gasteiger partial charge in [-0.15, -0.1) is 0 Å². The molecular formula is C25H43N3O4. The Labute approximate surface area is 193 Å². The van der Waals surface area contributed by atoms with Gasteiger partial charge in [0, 0.05) is 6.54 Å². The van der Waals surface area contributed by atoms with E-state index in [1.54, 1.807) is 20.8 Å². The molecule has 0 saturated heterocycles. The van der Waals surface area contributed by atoms with Crippen molar-refractivity contribution in [1.29, 1.82) is 0 Å². The van der Waals surface area contributed by atoms with Gasteiger partial charge in [-0.25, -0.2) is 4.79 Å². The highest BCUT2D eigenvalue weighted by molar-refractivity contribution is 5.82. The first-order valence-electron chi connectivity index (χ1n) is 11.4. The molecule has 7 heteroatoms.